The van der Waals surface area contributed by atoms with Gasteiger partial charge in [-0.05, 0) is 12.5 Å². The molecule has 0 unspecified atom stereocenters. The summed E-state index contributed by atoms with van der Waals surface area (Å²) < 4.78 is 0. The van der Waals surface area contributed by atoms with Crippen LogP contribution in [0.2, 0.25) is 0 Å². The first-order valence-electron chi connectivity index (χ1n) is 4.01. The van der Waals surface area contributed by atoms with Crippen molar-refractivity contribution in [2.45, 2.75) is 13.3 Å². The third-order valence-corrected chi connectivity index (χ3v) is 1.71. The van der Waals surface area contributed by atoms with Gasteiger partial charge in [0, 0.05) is 0 Å². The molecular formula is C10H11NO2. The molecule has 2 amide bonds. The zero-order valence-electron chi connectivity index (χ0n) is 7.41. The molecule has 3 heteroatoms. The SMILES string of the molecule is Cc1ccc(CC(=O)NC=O)cc1. The number of carbonyl (C=O) groups excluding carboxylic acids is 2. The van der Waals surface area contributed by atoms with Crippen LogP contribution in [-0.4, -0.2) is 12.3 Å². The minimum absolute atomic E-state index is 0.249. The van der Waals surface area contributed by atoms with Crippen LogP contribution in [0.3, 0.4) is 0 Å². The number of amides is 2. The quantitative estimate of drug-likeness (QED) is 0.694. The summed E-state index contributed by atoms with van der Waals surface area (Å²) in [5, 5.41) is 2.09. The van der Waals surface area contributed by atoms with Crippen molar-refractivity contribution in [1.29, 1.82) is 0 Å². The average molecular weight is 177 g/mol. The molecule has 1 rings (SSSR count). The molecule has 13 heavy (non-hydrogen) atoms. The monoisotopic (exact) mass is 177 g/mol. The van der Waals surface area contributed by atoms with Gasteiger partial charge in [0.1, 0.15) is 0 Å². The summed E-state index contributed by atoms with van der Waals surface area (Å²) in [6.45, 7) is 1.98. The molecule has 0 atom stereocenters. The van der Waals surface area contributed by atoms with E-state index in [9.17, 15) is 9.59 Å². The number of aryl methyl sites for hydroxylation is 1. The van der Waals surface area contributed by atoms with Crippen molar-refractivity contribution in [3.05, 3.63) is 35.4 Å². The summed E-state index contributed by atoms with van der Waals surface area (Å²) in [7, 11) is 0. The second-order valence-electron chi connectivity index (χ2n) is 2.85. The van der Waals surface area contributed by atoms with Crippen LogP contribution >= 0.6 is 0 Å². The van der Waals surface area contributed by atoms with Gasteiger partial charge in [-0.25, -0.2) is 0 Å². The van der Waals surface area contributed by atoms with E-state index in [1.54, 1.807) is 0 Å². The Balaban J connectivity index is 2.59. The Bertz CT molecular complexity index is 303. The maximum Gasteiger partial charge on any atom is 0.230 e. The first-order chi connectivity index (χ1) is 6.22. The molecule has 3 nitrogen and oxygen atoms in total. The molecule has 0 aliphatic carbocycles. The minimum atomic E-state index is -0.279. The van der Waals surface area contributed by atoms with Gasteiger partial charge in [-0.15, -0.1) is 0 Å². The first kappa shape index (κ1) is 9.45. The van der Waals surface area contributed by atoms with Crippen molar-refractivity contribution >= 4 is 12.3 Å². The highest BCUT2D eigenvalue weighted by atomic mass is 16.2. The fourth-order valence-corrected chi connectivity index (χ4v) is 1.01. The van der Waals surface area contributed by atoms with Crippen LogP contribution in [0.5, 0.6) is 0 Å². The molecule has 68 valence electrons. The van der Waals surface area contributed by atoms with Gasteiger partial charge >= 0.3 is 0 Å². The lowest BCUT2D eigenvalue weighted by molar-refractivity contribution is -0.124. The van der Waals surface area contributed by atoms with E-state index in [0.29, 0.717) is 6.41 Å². The Morgan fingerprint density at radius 1 is 1.38 bits per heavy atom. The summed E-state index contributed by atoms with van der Waals surface area (Å²) in [6, 6.07) is 7.62. The number of imide groups is 1. The van der Waals surface area contributed by atoms with E-state index in [1.165, 1.54) is 0 Å². The van der Waals surface area contributed by atoms with Gasteiger partial charge < -0.3 is 0 Å². The molecule has 1 aromatic rings. The van der Waals surface area contributed by atoms with Crippen molar-refractivity contribution in [2.24, 2.45) is 0 Å². The summed E-state index contributed by atoms with van der Waals surface area (Å²) in [5.74, 6) is -0.279. The molecule has 1 aromatic carbocycles. The Kier molecular flexibility index (Phi) is 3.20. The fourth-order valence-electron chi connectivity index (χ4n) is 1.01. The van der Waals surface area contributed by atoms with Gasteiger partial charge in [0.25, 0.3) is 0 Å². The number of rotatable bonds is 3. The number of hydrogen-bond donors (Lipinski definition) is 1. The van der Waals surface area contributed by atoms with Crippen LogP contribution < -0.4 is 5.32 Å². The minimum Gasteiger partial charge on any atom is -0.299 e. The number of hydrogen-bond acceptors (Lipinski definition) is 2. The second-order valence-corrected chi connectivity index (χ2v) is 2.85. The zero-order chi connectivity index (χ0) is 9.68. The maximum absolute atomic E-state index is 11.0. The van der Waals surface area contributed by atoms with Gasteiger partial charge in [0.15, 0.2) is 0 Å². The van der Waals surface area contributed by atoms with Crippen LogP contribution in [0, 0.1) is 6.92 Å². The molecule has 0 radical (unpaired) electrons. The highest BCUT2D eigenvalue weighted by Gasteiger charge is 2.00. The average Bonchev–Trinajstić information content (AvgIpc) is 2.09. The van der Waals surface area contributed by atoms with E-state index >= 15 is 0 Å². The predicted molar refractivity (Wildman–Crippen MR) is 49.1 cm³/mol. The van der Waals surface area contributed by atoms with E-state index in [4.69, 9.17) is 0 Å². The molecule has 1 N–H and O–H groups in total. The van der Waals surface area contributed by atoms with Gasteiger partial charge in [0.2, 0.25) is 12.3 Å². The number of benzene rings is 1. The number of nitrogens with one attached hydrogen (secondary N) is 1. The zero-order valence-corrected chi connectivity index (χ0v) is 7.41. The van der Waals surface area contributed by atoms with Crippen LogP contribution in [0.4, 0.5) is 0 Å². The molecular weight excluding hydrogens is 166 g/mol. The van der Waals surface area contributed by atoms with Crippen molar-refractivity contribution in [3.63, 3.8) is 0 Å². The van der Waals surface area contributed by atoms with Crippen LogP contribution in [0.15, 0.2) is 24.3 Å². The molecule has 0 aromatic heterocycles. The largest absolute Gasteiger partial charge is 0.299 e. The Morgan fingerprint density at radius 3 is 2.54 bits per heavy atom. The smallest absolute Gasteiger partial charge is 0.230 e. The van der Waals surface area contributed by atoms with Crippen LogP contribution in [-0.2, 0) is 16.0 Å². The van der Waals surface area contributed by atoms with Gasteiger partial charge in [-0.3, -0.25) is 14.9 Å². The Labute approximate surface area is 76.8 Å². The molecule has 0 spiro atoms. The van der Waals surface area contributed by atoms with E-state index in [2.05, 4.69) is 5.32 Å². The summed E-state index contributed by atoms with van der Waals surface area (Å²) in [5.41, 5.74) is 2.06. The normalized spacial score (nSPS) is 9.31. The van der Waals surface area contributed by atoms with Gasteiger partial charge in [-0.1, -0.05) is 29.8 Å². The van der Waals surface area contributed by atoms with E-state index in [-0.39, 0.29) is 12.3 Å². The highest BCUT2D eigenvalue weighted by Crippen LogP contribution is 2.03. The molecule has 0 saturated carbocycles. The molecule has 0 fully saturated rings. The van der Waals surface area contributed by atoms with Crippen LogP contribution in [0.25, 0.3) is 0 Å². The fraction of sp³-hybridized carbons (Fsp3) is 0.200. The van der Waals surface area contributed by atoms with Crippen molar-refractivity contribution in [1.82, 2.24) is 5.32 Å². The van der Waals surface area contributed by atoms with Gasteiger partial charge in [-0.2, -0.15) is 0 Å². The van der Waals surface area contributed by atoms with Crippen LogP contribution in [0.1, 0.15) is 11.1 Å². The van der Waals surface area contributed by atoms with E-state index < -0.39 is 0 Å². The molecule has 0 heterocycles. The molecule has 0 aliphatic heterocycles. The summed E-state index contributed by atoms with van der Waals surface area (Å²) >= 11 is 0. The highest BCUT2D eigenvalue weighted by molar-refractivity contribution is 5.87. The topological polar surface area (TPSA) is 46.2 Å². The lowest BCUT2D eigenvalue weighted by atomic mass is 10.1. The molecule has 0 aliphatic rings. The Morgan fingerprint density at radius 2 is 2.00 bits per heavy atom. The summed E-state index contributed by atoms with van der Waals surface area (Å²) in [6.07, 6.45) is 0.648. The third-order valence-electron chi connectivity index (χ3n) is 1.71. The van der Waals surface area contributed by atoms with E-state index in [0.717, 1.165) is 11.1 Å². The van der Waals surface area contributed by atoms with Crippen molar-refractivity contribution in [3.8, 4) is 0 Å². The molecule has 0 bridgehead atoms. The standard InChI is InChI=1S/C10H11NO2/c1-8-2-4-9(5-3-8)6-10(13)11-7-12/h2-5,7H,6H2,1H3,(H,11,12,13). The number of carbonyl (C=O) groups is 2. The third kappa shape index (κ3) is 3.07. The Hall–Kier alpha value is -1.64. The van der Waals surface area contributed by atoms with Crippen molar-refractivity contribution in [2.75, 3.05) is 0 Å². The van der Waals surface area contributed by atoms with Gasteiger partial charge in [0.05, 0.1) is 6.42 Å². The summed E-state index contributed by atoms with van der Waals surface area (Å²) in [4.78, 5) is 20.9. The predicted octanol–water partition coefficient (Wildman–Crippen LogP) is 0.810. The van der Waals surface area contributed by atoms with Crippen molar-refractivity contribution < 1.29 is 9.59 Å². The lowest BCUT2D eigenvalue weighted by Crippen LogP contribution is -2.22. The molecule has 0 saturated heterocycles. The lowest BCUT2D eigenvalue weighted by Gasteiger charge is -1.99. The first-order valence-corrected chi connectivity index (χ1v) is 4.01. The maximum atomic E-state index is 11.0. The second kappa shape index (κ2) is 4.40. The van der Waals surface area contributed by atoms with E-state index in [1.807, 2.05) is 31.2 Å².